The Bertz CT molecular complexity index is 638. The van der Waals surface area contributed by atoms with E-state index >= 15 is 0 Å². The molecule has 4 N–H and O–H groups in total. The molecule has 1 aromatic carbocycles. The molecule has 1 heterocycles. The summed E-state index contributed by atoms with van der Waals surface area (Å²) in [7, 11) is 0. The van der Waals surface area contributed by atoms with Crippen molar-refractivity contribution in [2.24, 2.45) is 5.73 Å². The minimum atomic E-state index is -0.600. The molecule has 104 valence electrons. The Labute approximate surface area is 118 Å². The van der Waals surface area contributed by atoms with Gasteiger partial charge in [-0.2, -0.15) is 0 Å². The van der Waals surface area contributed by atoms with Gasteiger partial charge in [0, 0.05) is 17.1 Å². The maximum absolute atomic E-state index is 12.0. The largest absolute Gasteiger partial charge is 0.361 e. The number of hydrogen-bond acceptors (Lipinski definition) is 2. The van der Waals surface area contributed by atoms with Crippen LogP contribution in [0.15, 0.2) is 30.5 Å². The minimum absolute atomic E-state index is 0.208. The number of rotatable bonds is 5. The van der Waals surface area contributed by atoms with Crippen LogP contribution in [0.4, 0.5) is 0 Å². The van der Waals surface area contributed by atoms with E-state index < -0.39 is 6.04 Å². The second-order valence-electron chi connectivity index (χ2n) is 4.81. The fraction of sp³-hybridized carbons (Fsp3) is 0.312. The van der Waals surface area contributed by atoms with Crippen molar-refractivity contribution in [2.45, 2.75) is 31.8 Å². The van der Waals surface area contributed by atoms with Crippen molar-refractivity contribution >= 4 is 16.8 Å². The number of fused-ring (bicyclic) bond motifs is 1. The van der Waals surface area contributed by atoms with Crippen molar-refractivity contribution in [3.05, 3.63) is 36.0 Å². The molecule has 0 saturated heterocycles. The zero-order valence-corrected chi connectivity index (χ0v) is 11.5. The molecule has 0 saturated carbocycles. The highest BCUT2D eigenvalue weighted by molar-refractivity contribution is 5.86. The molecular weight excluding hydrogens is 250 g/mol. The van der Waals surface area contributed by atoms with E-state index in [2.05, 4.69) is 16.2 Å². The lowest BCUT2D eigenvalue weighted by atomic mass is 10.0. The molecule has 1 amide bonds. The van der Waals surface area contributed by atoms with E-state index in [-0.39, 0.29) is 11.9 Å². The van der Waals surface area contributed by atoms with Gasteiger partial charge in [0.25, 0.3) is 0 Å². The topological polar surface area (TPSA) is 70.9 Å². The number of aromatic amines is 1. The molecule has 2 rings (SSSR count). The summed E-state index contributed by atoms with van der Waals surface area (Å²) in [6, 6.07) is 7.09. The summed E-state index contributed by atoms with van der Waals surface area (Å²) in [4.78, 5) is 15.2. The number of aromatic nitrogens is 1. The Hall–Kier alpha value is -2.25. The van der Waals surface area contributed by atoms with Crippen molar-refractivity contribution in [1.82, 2.24) is 10.3 Å². The van der Waals surface area contributed by atoms with E-state index in [0.29, 0.717) is 12.8 Å². The highest BCUT2D eigenvalue weighted by atomic mass is 16.2. The Kier molecular flexibility index (Phi) is 4.44. The smallest absolute Gasteiger partial charge is 0.238 e. The quantitative estimate of drug-likeness (QED) is 0.721. The summed E-state index contributed by atoms with van der Waals surface area (Å²) in [6.45, 7) is 1.93. The van der Waals surface area contributed by atoms with Gasteiger partial charge < -0.3 is 16.0 Å². The Morgan fingerprint density at radius 3 is 2.95 bits per heavy atom. The maximum atomic E-state index is 12.0. The van der Waals surface area contributed by atoms with Crippen molar-refractivity contribution in [2.75, 3.05) is 0 Å². The molecule has 2 unspecified atom stereocenters. The number of H-pyrrole nitrogens is 1. The van der Waals surface area contributed by atoms with Crippen molar-refractivity contribution in [1.29, 1.82) is 0 Å². The van der Waals surface area contributed by atoms with Crippen molar-refractivity contribution in [3.8, 4) is 12.3 Å². The highest BCUT2D eigenvalue weighted by Crippen LogP contribution is 2.18. The van der Waals surface area contributed by atoms with Crippen molar-refractivity contribution < 1.29 is 4.79 Å². The van der Waals surface area contributed by atoms with Crippen LogP contribution < -0.4 is 11.1 Å². The number of benzene rings is 1. The highest BCUT2D eigenvalue weighted by Gasteiger charge is 2.17. The van der Waals surface area contributed by atoms with Crippen LogP contribution in [-0.2, 0) is 11.2 Å². The predicted octanol–water partition coefficient (Wildman–Crippen LogP) is 1.57. The van der Waals surface area contributed by atoms with Gasteiger partial charge in [0.2, 0.25) is 5.91 Å². The van der Waals surface area contributed by atoms with E-state index in [9.17, 15) is 4.79 Å². The lowest BCUT2D eigenvalue weighted by molar-refractivity contribution is -0.122. The Balaban J connectivity index is 2.06. The molecule has 2 atom stereocenters. The van der Waals surface area contributed by atoms with Crippen LogP contribution >= 0.6 is 0 Å². The lowest BCUT2D eigenvalue weighted by Gasteiger charge is -2.15. The third-order valence-corrected chi connectivity index (χ3v) is 3.38. The monoisotopic (exact) mass is 269 g/mol. The number of para-hydroxylation sites is 1. The van der Waals surface area contributed by atoms with Gasteiger partial charge in [-0.25, -0.2) is 0 Å². The van der Waals surface area contributed by atoms with Gasteiger partial charge in [0.15, 0.2) is 0 Å². The standard InChI is InChI=1S/C16H19N3O/c1-3-12(4-2)19-16(20)14(17)9-11-10-18-15-8-6-5-7-13(11)15/h1,5-8,10,12,14,18H,4,9,17H2,2H3,(H,19,20). The van der Waals surface area contributed by atoms with Crippen LogP contribution in [0.3, 0.4) is 0 Å². The molecule has 20 heavy (non-hydrogen) atoms. The molecule has 0 aliphatic carbocycles. The molecule has 4 heteroatoms. The van der Waals surface area contributed by atoms with Crippen LogP contribution in [0, 0.1) is 12.3 Å². The first-order valence-corrected chi connectivity index (χ1v) is 6.72. The molecule has 0 bridgehead atoms. The SMILES string of the molecule is C#CC(CC)NC(=O)C(N)Cc1c[nH]c2ccccc12. The lowest BCUT2D eigenvalue weighted by Crippen LogP contribution is -2.45. The number of nitrogens with two attached hydrogens (primary N) is 1. The molecule has 0 fully saturated rings. The molecule has 2 aromatic rings. The fourth-order valence-electron chi connectivity index (χ4n) is 2.17. The molecule has 0 radical (unpaired) electrons. The summed E-state index contributed by atoms with van der Waals surface area (Å²) < 4.78 is 0. The van der Waals surface area contributed by atoms with E-state index in [0.717, 1.165) is 16.5 Å². The molecule has 0 spiro atoms. The average molecular weight is 269 g/mol. The molecule has 4 nitrogen and oxygen atoms in total. The zero-order chi connectivity index (χ0) is 14.5. The third kappa shape index (κ3) is 3.01. The predicted molar refractivity (Wildman–Crippen MR) is 81.0 cm³/mol. The normalized spacial score (nSPS) is 13.7. The molecular formula is C16H19N3O. The first kappa shape index (κ1) is 14.2. The van der Waals surface area contributed by atoms with Gasteiger partial charge in [-0.3, -0.25) is 4.79 Å². The summed E-state index contributed by atoms with van der Waals surface area (Å²) in [5.74, 6) is 2.32. The first-order valence-electron chi connectivity index (χ1n) is 6.72. The van der Waals surface area contributed by atoms with E-state index in [1.54, 1.807) is 0 Å². The second kappa shape index (κ2) is 6.27. The number of carbonyl (C=O) groups excluding carboxylic acids is 1. The number of terminal acetylenes is 1. The van der Waals surface area contributed by atoms with Crippen LogP contribution in [0.25, 0.3) is 10.9 Å². The molecule has 0 aliphatic rings. The third-order valence-electron chi connectivity index (χ3n) is 3.38. The Morgan fingerprint density at radius 1 is 1.50 bits per heavy atom. The number of hydrogen-bond donors (Lipinski definition) is 3. The second-order valence-corrected chi connectivity index (χ2v) is 4.81. The maximum Gasteiger partial charge on any atom is 0.238 e. The van der Waals surface area contributed by atoms with Crippen LogP contribution in [0.2, 0.25) is 0 Å². The van der Waals surface area contributed by atoms with E-state index in [1.807, 2.05) is 37.4 Å². The van der Waals surface area contributed by atoms with Crippen LogP contribution in [0.5, 0.6) is 0 Å². The van der Waals surface area contributed by atoms with Gasteiger partial charge in [-0.1, -0.05) is 31.0 Å². The van der Waals surface area contributed by atoms with E-state index in [4.69, 9.17) is 12.2 Å². The van der Waals surface area contributed by atoms with Gasteiger partial charge in [0.05, 0.1) is 12.1 Å². The number of nitrogens with one attached hydrogen (secondary N) is 2. The number of amides is 1. The first-order chi connectivity index (χ1) is 9.65. The van der Waals surface area contributed by atoms with Crippen molar-refractivity contribution in [3.63, 3.8) is 0 Å². The van der Waals surface area contributed by atoms with Gasteiger partial charge >= 0.3 is 0 Å². The summed E-state index contributed by atoms with van der Waals surface area (Å²) in [6.07, 6.45) is 8.41. The molecule has 0 aliphatic heterocycles. The summed E-state index contributed by atoms with van der Waals surface area (Å²) >= 11 is 0. The minimum Gasteiger partial charge on any atom is -0.361 e. The van der Waals surface area contributed by atoms with Crippen LogP contribution in [0.1, 0.15) is 18.9 Å². The fourth-order valence-corrected chi connectivity index (χ4v) is 2.17. The summed E-state index contributed by atoms with van der Waals surface area (Å²) in [5.41, 5.74) is 8.05. The van der Waals surface area contributed by atoms with Gasteiger partial charge in [-0.05, 0) is 24.5 Å². The van der Waals surface area contributed by atoms with Gasteiger partial charge in [-0.15, -0.1) is 6.42 Å². The van der Waals surface area contributed by atoms with Gasteiger partial charge in [0.1, 0.15) is 0 Å². The van der Waals surface area contributed by atoms with Crippen LogP contribution in [-0.4, -0.2) is 23.0 Å². The van der Waals surface area contributed by atoms with E-state index in [1.165, 1.54) is 0 Å². The zero-order valence-electron chi connectivity index (χ0n) is 11.5. The molecule has 1 aromatic heterocycles. The average Bonchev–Trinajstić information content (AvgIpc) is 2.87. The summed E-state index contributed by atoms with van der Waals surface area (Å²) in [5, 5.41) is 3.86. The Morgan fingerprint density at radius 2 is 2.25 bits per heavy atom. The number of carbonyl (C=O) groups is 1.